The van der Waals surface area contributed by atoms with E-state index in [0.29, 0.717) is 24.0 Å². The van der Waals surface area contributed by atoms with Crippen LogP contribution < -0.4 is 19.7 Å². The van der Waals surface area contributed by atoms with Crippen molar-refractivity contribution in [3.05, 3.63) is 58.1 Å². The molecule has 8 unspecified atom stereocenters. The van der Waals surface area contributed by atoms with Gasteiger partial charge in [-0.05, 0) is 91.8 Å². The number of nitrogens with one attached hydrogen (secondary N) is 2. The van der Waals surface area contributed by atoms with Crippen molar-refractivity contribution in [1.82, 2.24) is 10.0 Å². The lowest BCUT2D eigenvalue weighted by molar-refractivity contribution is -0.0955. The molecule has 0 radical (unpaired) electrons. The first-order valence-electron chi connectivity index (χ1n) is 17.8. The minimum Gasteiger partial charge on any atom is -0.491 e. The minimum atomic E-state index is -1.47. The van der Waals surface area contributed by atoms with Crippen LogP contribution in [0.3, 0.4) is 0 Å². The van der Waals surface area contributed by atoms with Gasteiger partial charge in [0.15, 0.2) is 6.29 Å². The summed E-state index contributed by atoms with van der Waals surface area (Å²) in [6, 6.07) is 11.9. The lowest BCUT2D eigenvalue weighted by Crippen LogP contribution is -2.41. The minimum absolute atomic E-state index is 0.128. The fourth-order valence-electron chi connectivity index (χ4n) is 7.75. The first-order valence-corrected chi connectivity index (χ1v) is 19.4. The summed E-state index contributed by atoms with van der Waals surface area (Å²) in [6.45, 7) is 12.3. The molecule has 0 bridgehead atoms. The third kappa shape index (κ3) is 8.01. The van der Waals surface area contributed by atoms with Gasteiger partial charge in [-0.2, -0.15) is 0 Å². The Morgan fingerprint density at radius 2 is 1.83 bits per heavy atom. The number of nitrogens with zero attached hydrogens (tertiary/aromatic N) is 1. The van der Waals surface area contributed by atoms with Gasteiger partial charge >= 0.3 is 0 Å². The molecular weight excluding hydrogens is 634 g/mol. The van der Waals surface area contributed by atoms with Crippen molar-refractivity contribution in [3.63, 3.8) is 0 Å². The first-order chi connectivity index (χ1) is 22.7. The molecule has 6 rings (SSSR count). The number of amides is 1. The van der Waals surface area contributed by atoms with Crippen LogP contribution in [0, 0.1) is 17.8 Å². The molecule has 8 atom stereocenters. The van der Waals surface area contributed by atoms with E-state index < -0.39 is 11.0 Å². The lowest BCUT2D eigenvalue weighted by atomic mass is 9.71. The zero-order chi connectivity index (χ0) is 33.1. The summed E-state index contributed by atoms with van der Waals surface area (Å²) in [5.74, 6) is 1.86. The number of carbonyl (C=O) groups excluding carboxylic acids is 1. The summed E-state index contributed by atoms with van der Waals surface area (Å²) in [7, 11) is -1.47. The standard InChI is InChI=1S/C37H52ClN3O5S/c1-5-7-23(3)24(4)47(43)40-37(42)27-11-14-33-32(16-27)41(21-29(22-44-33)31-13-12-30(38)15-26(31)8-6-2)20-28-10-9-25(28)17-36-45-34-18-39-19-35(34)46-36/h11-16,23-25,28-29,34-36,39H,5-10,17-22H2,1-4H3,(H,40,42). The number of aryl methyl sites for hydroxylation is 1. The van der Waals surface area contributed by atoms with Gasteiger partial charge in [0, 0.05) is 49.1 Å². The summed E-state index contributed by atoms with van der Waals surface area (Å²) in [5, 5.41) is 3.98. The van der Waals surface area contributed by atoms with Crippen molar-refractivity contribution >= 4 is 34.2 Å². The third-order valence-electron chi connectivity index (χ3n) is 10.9. The number of carbonyl (C=O) groups is 1. The molecule has 47 heavy (non-hydrogen) atoms. The molecule has 1 saturated carbocycles. The summed E-state index contributed by atoms with van der Waals surface area (Å²) < 4.78 is 34.9. The van der Waals surface area contributed by atoms with Crippen LogP contribution >= 0.6 is 11.6 Å². The highest BCUT2D eigenvalue weighted by atomic mass is 35.5. The van der Waals surface area contributed by atoms with Crippen LogP contribution in [0.25, 0.3) is 0 Å². The second-order valence-electron chi connectivity index (χ2n) is 14.2. The topological polar surface area (TPSA) is 89.1 Å². The summed E-state index contributed by atoms with van der Waals surface area (Å²) in [5.41, 5.74) is 3.96. The number of hydrogen-bond acceptors (Lipinski definition) is 7. The van der Waals surface area contributed by atoms with Gasteiger partial charge in [-0.15, -0.1) is 0 Å². The molecule has 0 spiro atoms. The van der Waals surface area contributed by atoms with Gasteiger partial charge in [0.05, 0.1) is 17.5 Å². The van der Waals surface area contributed by atoms with Crippen LogP contribution in [-0.2, 0) is 26.9 Å². The molecule has 2 aromatic rings. The third-order valence-corrected chi connectivity index (χ3v) is 12.6. The maximum absolute atomic E-state index is 13.5. The second-order valence-corrected chi connectivity index (χ2v) is 16.1. The Kier molecular flexibility index (Phi) is 11.5. The highest BCUT2D eigenvalue weighted by molar-refractivity contribution is 7.84. The summed E-state index contributed by atoms with van der Waals surface area (Å²) in [6.07, 6.45) is 7.44. The van der Waals surface area contributed by atoms with Gasteiger partial charge in [-0.1, -0.05) is 51.3 Å². The van der Waals surface area contributed by atoms with E-state index in [1.54, 1.807) is 6.07 Å². The Bertz CT molecular complexity index is 1410. The van der Waals surface area contributed by atoms with Gasteiger partial charge in [0.2, 0.25) is 0 Å². The average Bonchev–Trinajstić information content (AvgIpc) is 3.60. The molecule has 10 heteroatoms. The van der Waals surface area contributed by atoms with Gasteiger partial charge in [-0.25, -0.2) is 4.21 Å². The van der Waals surface area contributed by atoms with Crippen LogP contribution in [0.1, 0.15) is 93.6 Å². The number of rotatable bonds is 13. The monoisotopic (exact) mass is 685 g/mol. The van der Waals surface area contributed by atoms with Crippen LogP contribution in [0.5, 0.6) is 5.75 Å². The maximum Gasteiger partial charge on any atom is 0.263 e. The van der Waals surface area contributed by atoms with Crippen molar-refractivity contribution in [3.8, 4) is 5.75 Å². The van der Waals surface area contributed by atoms with Crippen LogP contribution in [-0.4, -0.2) is 66.6 Å². The van der Waals surface area contributed by atoms with Gasteiger partial charge in [0.25, 0.3) is 5.91 Å². The number of benzene rings is 2. The number of anilines is 1. The van der Waals surface area contributed by atoms with Crippen molar-refractivity contribution < 1.29 is 23.2 Å². The Labute approximate surface area is 288 Å². The fourth-order valence-corrected chi connectivity index (χ4v) is 8.99. The van der Waals surface area contributed by atoms with Gasteiger partial charge in [-0.3, -0.25) is 9.52 Å². The van der Waals surface area contributed by atoms with E-state index >= 15 is 0 Å². The van der Waals surface area contributed by atoms with E-state index in [1.165, 1.54) is 17.5 Å². The van der Waals surface area contributed by atoms with Crippen LogP contribution in [0.15, 0.2) is 36.4 Å². The van der Waals surface area contributed by atoms with Crippen molar-refractivity contribution in [1.29, 1.82) is 0 Å². The predicted octanol–water partition coefficient (Wildman–Crippen LogP) is 6.62. The Balaban J connectivity index is 1.23. The molecule has 4 aliphatic rings. The van der Waals surface area contributed by atoms with E-state index in [9.17, 15) is 9.00 Å². The molecule has 1 aliphatic carbocycles. The SMILES string of the molecule is CCCc1cc(Cl)ccc1C1COc2ccc(C(=O)NS(=O)C(C)C(C)CCC)cc2N(CC2CCC2CC2OC3CNCC3O2)C1. The molecular formula is C37H52ClN3O5S. The molecule has 0 aromatic heterocycles. The number of ether oxygens (including phenoxy) is 3. The quantitative estimate of drug-likeness (QED) is 0.245. The summed E-state index contributed by atoms with van der Waals surface area (Å²) in [4.78, 5) is 15.9. The zero-order valence-corrected chi connectivity index (χ0v) is 29.9. The van der Waals surface area contributed by atoms with E-state index in [0.717, 1.165) is 81.2 Å². The van der Waals surface area contributed by atoms with Crippen molar-refractivity contribution in [2.45, 2.75) is 102 Å². The smallest absolute Gasteiger partial charge is 0.263 e. The fraction of sp³-hybridized carbons (Fsp3) is 0.649. The Morgan fingerprint density at radius 1 is 1.06 bits per heavy atom. The second kappa shape index (κ2) is 15.6. The van der Waals surface area contributed by atoms with Crippen molar-refractivity contribution in [2.24, 2.45) is 17.8 Å². The Hall–Kier alpha value is -2.17. The Morgan fingerprint density at radius 3 is 2.53 bits per heavy atom. The maximum atomic E-state index is 13.5. The molecule has 3 fully saturated rings. The molecule has 2 aromatic carbocycles. The number of halogens is 1. The van der Waals surface area contributed by atoms with Crippen LogP contribution in [0.4, 0.5) is 5.69 Å². The molecule has 258 valence electrons. The molecule has 2 saturated heterocycles. The largest absolute Gasteiger partial charge is 0.491 e. The molecule has 1 amide bonds. The highest BCUT2D eigenvalue weighted by Crippen LogP contribution is 2.44. The van der Waals surface area contributed by atoms with Crippen molar-refractivity contribution in [2.75, 3.05) is 37.7 Å². The van der Waals surface area contributed by atoms with Gasteiger partial charge in [0.1, 0.15) is 28.9 Å². The van der Waals surface area contributed by atoms with E-state index in [2.05, 4.69) is 47.8 Å². The zero-order valence-electron chi connectivity index (χ0n) is 28.3. The van der Waals surface area contributed by atoms with E-state index in [-0.39, 0.29) is 41.5 Å². The highest BCUT2D eigenvalue weighted by Gasteiger charge is 2.43. The average molecular weight is 686 g/mol. The molecule has 2 N–H and O–H groups in total. The van der Waals surface area contributed by atoms with E-state index in [1.807, 2.05) is 25.1 Å². The van der Waals surface area contributed by atoms with Crippen LogP contribution in [0.2, 0.25) is 5.02 Å². The summed E-state index contributed by atoms with van der Waals surface area (Å²) >= 11 is 6.45. The molecule has 3 aliphatic heterocycles. The molecule has 8 nitrogen and oxygen atoms in total. The first kappa shape index (κ1) is 34.7. The van der Waals surface area contributed by atoms with E-state index in [4.69, 9.17) is 25.8 Å². The normalized spacial score (nSPS) is 28.7. The van der Waals surface area contributed by atoms with Gasteiger partial charge < -0.3 is 24.4 Å². The predicted molar refractivity (Wildman–Crippen MR) is 189 cm³/mol. The molecule has 3 heterocycles. The number of hydrogen-bond donors (Lipinski definition) is 2. The lowest BCUT2D eigenvalue weighted by Gasteiger charge is -2.42. The number of fused-ring (bicyclic) bond motifs is 2.